The molecule has 0 saturated carbocycles. The van der Waals surface area contributed by atoms with Gasteiger partial charge in [-0.1, -0.05) is 54.2 Å². The molecule has 3 aromatic rings. The summed E-state index contributed by atoms with van der Waals surface area (Å²) in [4.78, 5) is 11.0. The molecule has 7 heteroatoms. The predicted molar refractivity (Wildman–Crippen MR) is 105 cm³/mol. The molecule has 140 valence electrons. The van der Waals surface area contributed by atoms with E-state index in [0.717, 1.165) is 11.6 Å². The van der Waals surface area contributed by atoms with Gasteiger partial charge in [-0.15, -0.1) is 10.2 Å². The first-order valence-electron chi connectivity index (χ1n) is 8.74. The molecule has 0 spiro atoms. The Morgan fingerprint density at radius 2 is 1.85 bits per heavy atom. The first kappa shape index (κ1) is 19.1. The number of aryl methyl sites for hydroxylation is 1. The van der Waals surface area contributed by atoms with E-state index < -0.39 is 0 Å². The summed E-state index contributed by atoms with van der Waals surface area (Å²) in [6.07, 6.45) is 0.791. The van der Waals surface area contributed by atoms with Gasteiger partial charge >= 0.3 is 0 Å². The Kier molecular flexibility index (Phi) is 6.59. The van der Waals surface area contributed by atoms with Crippen molar-refractivity contribution in [1.82, 2.24) is 20.1 Å². The first-order valence-corrected chi connectivity index (χ1v) is 9.73. The van der Waals surface area contributed by atoms with E-state index >= 15 is 0 Å². The maximum Gasteiger partial charge on any atom is 0.216 e. The second kappa shape index (κ2) is 9.32. The van der Waals surface area contributed by atoms with Gasteiger partial charge in [0, 0.05) is 25.8 Å². The number of halogens is 1. The van der Waals surface area contributed by atoms with Gasteiger partial charge in [0.25, 0.3) is 0 Å². The van der Waals surface area contributed by atoms with E-state index in [9.17, 15) is 9.18 Å². The highest BCUT2D eigenvalue weighted by Gasteiger charge is 2.17. The van der Waals surface area contributed by atoms with E-state index in [1.165, 1.54) is 30.3 Å². The number of benzene rings is 2. The molecule has 3 rings (SSSR count). The van der Waals surface area contributed by atoms with Crippen molar-refractivity contribution >= 4 is 17.7 Å². The molecular weight excluding hydrogens is 363 g/mol. The lowest BCUT2D eigenvalue weighted by molar-refractivity contribution is -0.118. The Morgan fingerprint density at radius 1 is 1.11 bits per heavy atom. The zero-order valence-corrected chi connectivity index (χ0v) is 15.9. The van der Waals surface area contributed by atoms with Crippen molar-refractivity contribution < 1.29 is 9.18 Å². The number of carbonyl (C=O) groups excluding carboxylic acids is 1. The number of nitrogens with one attached hydrogen (secondary N) is 1. The molecule has 0 radical (unpaired) electrons. The number of hydrogen-bond acceptors (Lipinski definition) is 4. The van der Waals surface area contributed by atoms with Crippen LogP contribution in [0.3, 0.4) is 0 Å². The van der Waals surface area contributed by atoms with Crippen LogP contribution in [-0.4, -0.2) is 33.0 Å². The van der Waals surface area contributed by atoms with Crippen LogP contribution in [0.4, 0.5) is 4.39 Å². The molecule has 5 nitrogen and oxygen atoms in total. The quantitative estimate of drug-likeness (QED) is 0.477. The molecule has 0 saturated heterocycles. The normalized spacial score (nSPS) is 10.7. The van der Waals surface area contributed by atoms with Crippen LogP contribution in [0.5, 0.6) is 0 Å². The molecular formula is C20H21FN4OS. The van der Waals surface area contributed by atoms with Crippen molar-refractivity contribution in [3.8, 4) is 11.4 Å². The number of nitrogens with zero attached hydrogens (tertiary/aromatic N) is 3. The summed E-state index contributed by atoms with van der Waals surface area (Å²) in [6.45, 7) is 2.67. The molecule has 0 aliphatic heterocycles. The smallest absolute Gasteiger partial charge is 0.216 e. The van der Waals surface area contributed by atoms with Gasteiger partial charge in [0.1, 0.15) is 5.82 Å². The van der Waals surface area contributed by atoms with Crippen LogP contribution in [0, 0.1) is 5.82 Å². The zero-order chi connectivity index (χ0) is 19.1. The average Bonchev–Trinajstić information content (AvgIpc) is 3.07. The molecule has 0 unspecified atom stereocenters. The monoisotopic (exact) mass is 384 g/mol. The van der Waals surface area contributed by atoms with Crippen molar-refractivity contribution in [2.75, 3.05) is 12.3 Å². The zero-order valence-electron chi connectivity index (χ0n) is 15.1. The summed E-state index contributed by atoms with van der Waals surface area (Å²) < 4.78 is 16.2. The molecule has 0 fully saturated rings. The fraction of sp³-hybridized carbons (Fsp3) is 0.250. The van der Waals surface area contributed by atoms with Crippen LogP contribution >= 0.6 is 11.8 Å². The molecule has 0 aliphatic rings. The summed E-state index contributed by atoms with van der Waals surface area (Å²) in [5.74, 6) is 0.806. The molecule has 1 N–H and O–H groups in total. The van der Waals surface area contributed by atoms with Gasteiger partial charge in [-0.25, -0.2) is 4.39 Å². The molecule has 0 aliphatic carbocycles. The van der Waals surface area contributed by atoms with Crippen LogP contribution in [0.25, 0.3) is 11.4 Å². The van der Waals surface area contributed by atoms with Gasteiger partial charge in [-0.3, -0.25) is 4.79 Å². The van der Waals surface area contributed by atoms with E-state index in [1.54, 1.807) is 18.2 Å². The summed E-state index contributed by atoms with van der Waals surface area (Å²) in [6, 6.07) is 16.7. The van der Waals surface area contributed by atoms with Crippen LogP contribution in [-0.2, 0) is 17.8 Å². The summed E-state index contributed by atoms with van der Waals surface area (Å²) in [5, 5.41) is 12.0. The van der Waals surface area contributed by atoms with Crippen molar-refractivity contribution in [2.45, 2.75) is 25.0 Å². The first-order chi connectivity index (χ1) is 13.1. The lowest BCUT2D eigenvalue weighted by atomic mass is 10.1. The number of hydrogen-bond donors (Lipinski definition) is 1. The van der Waals surface area contributed by atoms with E-state index in [1.807, 2.05) is 22.8 Å². The molecule has 2 aromatic carbocycles. The third-order valence-corrected chi connectivity index (χ3v) is 4.97. The van der Waals surface area contributed by atoms with Crippen LogP contribution in [0.2, 0.25) is 0 Å². The van der Waals surface area contributed by atoms with Gasteiger partial charge in [-0.05, 0) is 24.1 Å². The SMILES string of the molecule is CC(=O)NCCSc1nnc(-c2ccccc2F)n1CCc1ccccc1. The van der Waals surface area contributed by atoms with Crippen molar-refractivity contribution in [3.05, 3.63) is 66.0 Å². The maximum atomic E-state index is 14.3. The summed E-state index contributed by atoms with van der Waals surface area (Å²) >= 11 is 1.50. The van der Waals surface area contributed by atoms with E-state index in [2.05, 4.69) is 27.6 Å². The number of rotatable bonds is 8. The van der Waals surface area contributed by atoms with Crippen molar-refractivity contribution in [3.63, 3.8) is 0 Å². The summed E-state index contributed by atoms with van der Waals surface area (Å²) in [7, 11) is 0. The van der Waals surface area contributed by atoms with Crippen LogP contribution in [0.1, 0.15) is 12.5 Å². The van der Waals surface area contributed by atoms with Crippen molar-refractivity contribution in [2.24, 2.45) is 0 Å². The fourth-order valence-corrected chi connectivity index (χ4v) is 3.51. The highest BCUT2D eigenvalue weighted by Crippen LogP contribution is 2.26. The lowest BCUT2D eigenvalue weighted by Crippen LogP contribution is -2.22. The van der Waals surface area contributed by atoms with Gasteiger partial charge in [0.2, 0.25) is 5.91 Å². The van der Waals surface area contributed by atoms with E-state index in [4.69, 9.17) is 0 Å². The number of amides is 1. The van der Waals surface area contributed by atoms with Gasteiger partial charge < -0.3 is 9.88 Å². The number of carbonyl (C=O) groups is 1. The Labute approximate surface area is 162 Å². The van der Waals surface area contributed by atoms with Gasteiger partial charge in [-0.2, -0.15) is 0 Å². The highest BCUT2D eigenvalue weighted by atomic mass is 32.2. The molecule has 27 heavy (non-hydrogen) atoms. The van der Waals surface area contributed by atoms with Crippen LogP contribution < -0.4 is 5.32 Å². The third kappa shape index (κ3) is 5.17. The number of aromatic nitrogens is 3. The minimum Gasteiger partial charge on any atom is -0.356 e. The Bertz CT molecular complexity index is 898. The molecule has 1 heterocycles. The highest BCUT2D eigenvalue weighted by molar-refractivity contribution is 7.99. The Morgan fingerprint density at radius 3 is 2.59 bits per heavy atom. The molecule has 0 bridgehead atoms. The minimum absolute atomic E-state index is 0.0619. The molecule has 1 amide bonds. The van der Waals surface area contributed by atoms with Crippen LogP contribution in [0.15, 0.2) is 59.8 Å². The summed E-state index contributed by atoms with van der Waals surface area (Å²) in [5.41, 5.74) is 1.63. The number of thioether (sulfide) groups is 1. The third-order valence-electron chi connectivity index (χ3n) is 4.01. The second-order valence-electron chi connectivity index (χ2n) is 6.00. The van der Waals surface area contributed by atoms with Gasteiger partial charge in [0.05, 0.1) is 5.56 Å². The standard InChI is InChI=1S/C20H21FN4OS/c1-15(26)22-12-14-27-20-24-23-19(17-9-5-6-10-18(17)21)25(20)13-11-16-7-3-2-4-8-16/h2-10H,11-14H2,1H3,(H,22,26). The lowest BCUT2D eigenvalue weighted by Gasteiger charge is -2.11. The largest absolute Gasteiger partial charge is 0.356 e. The minimum atomic E-state index is -0.319. The van der Waals surface area contributed by atoms with Gasteiger partial charge in [0.15, 0.2) is 11.0 Å². The Balaban J connectivity index is 1.82. The van der Waals surface area contributed by atoms with Crippen molar-refractivity contribution in [1.29, 1.82) is 0 Å². The fourth-order valence-electron chi connectivity index (χ4n) is 2.69. The topological polar surface area (TPSA) is 59.8 Å². The van der Waals surface area contributed by atoms with E-state index in [-0.39, 0.29) is 11.7 Å². The second-order valence-corrected chi connectivity index (χ2v) is 7.07. The average molecular weight is 384 g/mol. The maximum absolute atomic E-state index is 14.3. The Hall–Kier alpha value is -2.67. The molecule has 0 atom stereocenters. The predicted octanol–water partition coefficient (Wildman–Crippen LogP) is 3.56. The molecule has 1 aromatic heterocycles. The van der Waals surface area contributed by atoms with E-state index in [0.29, 0.717) is 30.2 Å².